The van der Waals surface area contributed by atoms with Crippen LogP contribution in [0.25, 0.3) is 0 Å². The second-order valence-corrected chi connectivity index (χ2v) is 8.60. The number of aromatic nitrogens is 2. The van der Waals surface area contributed by atoms with Crippen molar-refractivity contribution < 1.29 is 18.0 Å². The van der Waals surface area contributed by atoms with Crippen LogP contribution >= 0.6 is 11.6 Å². The molecule has 178 valence electrons. The van der Waals surface area contributed by atoms with Gasteiger partial charge in [-0.2, -0.15) is 13.2 Å². The van der Waals surface area contributed by atoms with E-state index in [-0.39, 0.29) is 11.1 Å². The maximum absolute atomic E-state index is 12.8. The Kier molecular flexibility index (Phi) is 7.11. The minimum absolute atomic E-state index is 0.0513. The Morgan fingerprint density at radius 1 is 1.00 bits per heavy atom. The largest absolute Gasteiger partial charge is 0.417 e. The lowest BCUT2D eigenvalue weighted by atomic mass is 10.1. The number of carbonyl (C=O) groups excluding carboxylic acids is 1. The number of nitrogens with zero attached hydrogens (tertiary/aromatic N) is 5. The molecule has 0 radical (unpaired) electrons. The summed E-state index contributed by atoms with van der Waals surface area (Å²) in [6.45, 7) is 4.01. The molecule has 0 aliphatic carbocycles. The highest BCUT2D eigenvalue weighted by Gasteiger charge is 2.32. The van der Waals surface area contributed by atoms with Gasteiger partial charge in [-0.25, -0.2) is 14.8 Å². The summed E-state index contributed by atoms with van der Waals surface area (Å²) >= 11 is 6.06. The van der Waals surface area contributed by atoms with Gasteiger partial charge in [0.2, 0.25) is 0 Å². The first-order valence-corrected chi connectivity index (χ1v) is 11.4. The summed E-state index contributed by atoms with van der Waals surface area (Å²) in [5.41, 5.74) is 0.0979. The number of anilines is 2. The first-order valence-electron chi connectivity index (χ1n) is 11.0. The lowest BCUT2D eigenvalue weighted by molar-refractivity contribution is -0.137. The first-order chi connectivity index (χ1) is 15.8. The van der Waals surface area contributed by atoms with Crippen LogP contribution in [0.3, 0.4) is 0 Å². The van der Waals surface area contributed by atoms with Gasteiger partial charge in [0.25, 0.3) is 0 Å². The molecule has 4 rings (SSSR count). The molecule has 0 unspecified atom stereocenters. The maximum atomic E-state index is 12.8. The molecule has 2 aliphatic heterocycles. The van der Waals surface area contributed by atoms with Crippen molar-refractivity contribution in [1.82, 2.24) is 20.2 Å². The van der Waals surface area contributed by atoms with Gasteiger partial charge in [0.15, 0.2) is 0 Å². The Labute approximate surface area is 195 Å². The molecule has 2 aromatic rings. The molecule has 11 heteroatoms. The minimum atomic E-state index is -4.49. The average molecular weight is 483 g/mol. The Morgan fingerprint density at radius 2 is 1.70 bits per heavy atom. The summed E-state index contributed by atoms with van der Waals surface area (Å²) in [7, 11) is 0. The minimum Gasteiger partial charge on any atom is -0.356 e. The number of amides is 2. The van der Waals surface area contributed by atoms with Gasteiger partial charge in [-0.05, 0) is 31.4 Å². The molecule has 2 fully saturated rings. The van der Waals surface area contributed by atoms with E-state index < -0.39 is 11.7 Å². The van der Waals surface area contributed by atoms with Crippen LogP contribution < -0.4 is 15.1 Å². The molecule has 2 saturated heterocycles. The number of piperazine rings is 1. The first kappa shape index (κ1) is 23.4. The zero-order valence-corrected chi connectivity index (χ0v) is 18.9. The summed E-state index contributed by atoms with van der Waals surface area (Å²) < 4.78 is 38.5. The van der Waals surface area contributed by atoms with Gasteiger partial charge in [0.05, 0.1) is 10.6 Å². The van der Waals surface area contributed by atoms with Crippen LogP contribution in [0.5, 0.6) is 0 Å². The van der Waals surface area contributed by atoms with Crippen LogP contribution in [0.15, 0.2) is 30.6 Å². The molecule has 7 nitrogen and oxygen atoms in total. The lowest BCUT2D eigenvalue weighted by Crippen LogP contribution is -2.52. The molecule has 0 saturated carbocycles. The third-order valence-electron chi connectivity index (χ3n) is 5.97. The number of hydrogen-bond acceptors (Lipinski definition) is 5. The predicted octanol–water partition coefficient (Wildman–Crippen LogP) is 4.17. The van der Waals surface area contributed by atoms with E-state index in [1.54, 1.807) is 16.0 Å². The van der Waals surface area contributed by atoms with Crippen LogP contribution in [0.4, 0.5) is 29.6 Å². The second-order valence-electron chi connectivity index (χ2n) is 8.19. The monoisotopic (exact) mass is 482 g/mol. The number of pyridine rings is 2. The van der Waals surface area contributed by atoms with E-state index in [0.29, 0.717) is 38.5 Å². The number of urea groups is 1. The molecular formula is C22H26ClF3N6O. The average Bonchev–Trinajstić information content (AvgIpc) is 2.83. The normalized spacial score (nSPS) is 17.3. The standard InChI is InChI=1S/C22H26ClF3N6O/c23-18-13-17(22(24,25)26)15-28-20(18)31-9-11-32(12-10-31)21(33)29-14-16-5-4-6-27-19(16)30-7-2-1-3-8-30/h4-6,13,15H,1-3,7-12,14H2,(H,29,33). The van der Waals surface area contributed by atoms with Gasteiger partial charge in [-0.1, -0.05) is 17.7 Å². The van der Waals surface area contributed by atoms with E-state index in [4.69, 9.17) is 11.6 Å². The summed E-state index contributed by atoms with van der Waals surface area (Å²) in [5, 5.41) is 2.92. The van der Waals surface area contributed by atoms with Crippen LogP contribution in [-0.2, 0) is 12.7 Å². The van der Waals surface area contributed by atoms with E-state index in [0.717, 1.165) is 49.6 Å². The molecule has 0 spiro atoms. The highest BCUT2D eigenvalue weighted by molar-refractivity contribution is 6.33. The number of alkyl halides is 3. The summed E-state index contributed by atoms with van der Waals surface area (Å²) in [6.07, 6.45) is 1.58. The molecule has 4 heterocycles. The van der Waals surface area contributed by atoms with Crippen molar-refractivity contribution in [3.63, 3.8) is 0 Å². The third-order valence-corrected chi connectivity index (χ3v) is 6.25. The smallest absolute Gasteiger partial charge is 0.356 e. The topological polar surface area (TPSA) is 64.6 Å². The van der Waals surface area contributed by atoms with Crippen LogP contribution in [0.1, 0.15) is 30.4 Å². The molecule has 2 aliphatic rings. The SMILES string of the molecule is O=C(NCc1cccnc1N1CCCCC1)N1CCN(c2ncc(C(F)(F)F)cc2Cl)CC1. The zero-order valence-electron chi connectivity index (χ0n) is 18.1. The fourth-order valence-electron chi connectivity index (χ4n) is 4.18. The molecular weight excluding hydrogens is 457 g/mol. The summed E-state index contributed by atoms with van der Waals surface area (Å²) in [5.74, 6) is 1.22. The van der Waals surface area contributed by atoms with E-state index in [1.165, 1.54) is 6.42 Å². The van der Waals surface area contributed by atoms with Gasteiger partial charge in [-0.15, -0.1) is 0 Å². The number of carbonyl (C=O) groups is 1. The Morgan fingerprint density at radius 3 is 2.36 bits per heavy atom. The predicted molar refractivity (Wildman–Crippen MR) is 121 cm³/mol. The Balaban J connectivity index is 1.32. The molecule has 33 heavy (non-hydrogen) atoms. The lowest BCUT2D eigenvalue weighted by Gasteiger charge is -2.36. The Bertz CT molecular complexity index is 975. The van der Waals surface area contributed by atoms with Crippen molar-refractivity contribution in [2.24, 2.45) is 0 Å². The van der Waals surface area contributed by atoms with Crippen molar-refractivity contribution in [3.8, 4) is 0 Å². The van der Waals surface area contributed by atoms with Crippen molar-refractivity contribution in [1.29, 1.82) is 0 Å². The summed E-state index contributed by atoms with van der Waals surface area (Å²) in [4.78, 5) is 26.9. The van der Waals surface area contributed by atoms with E-state index in [9.17, 15) is 18.0 Å². The van der Waals surface area contributed by atoms with Crippen LogP contribution in [0, 0.1) is 0 Å². The molecule has 0 bridgehead atoms. The Hall–Kier alpha value is -2.75. The maximum Gasteiger partial charge on any atom is 0.417 e. The van der Waals surface area contributed by atoms with E-state index in [1.807, 2.05) is 12.1 Å². The highest BCUT2D eigenvalue weighted by Crippen LogP contribution is 2.33. The zero-order chi connectivity index (χ0) is 23.4. The van der Waals surface area contributed by atoms with Crippen LogP contribution in [0.2, 0.25) is 5.02 Å². The van der Waals surface area contributed by atoms with E-state index >= 15 is 0 Å². The van der Waals surface area contributed by atoms with Gasteiger partial charge < -0.3 is 20.0 Å². The van der Waals surface area contributed by atoms with Crippen LogP contribution in [-0.4, -0.2) is 60.2 Å². The highest BCUT2D eigenvalue weighted by atomic mass is 35.5. The van der Waals surface area contributed by atoms with Crippen molar-refractivity contribution in [2.75, 3.05) is 49.1 Å². The fraction of sp³-hybridized carbons (Fsp3) is 0.500. The molecule has 2 aromatic heterocycles. The van der Waals surface area contributed by atoms with Gasteiger partial charge in [0, 0.05) is 63.8 Å². The quantitative estimate of drug-likeness (QED) is 0.708. The van der Waals surface area contributed by atoms with Crippen molar-refractivity contribution in [2.45, 2.75) is 32.0 Å². The summed E-state index contributed by atoms with van der Waals surface area (Å²) in [6, 6.07) is 4.55. The number of piperidine rings is 1. The molecule has 2 amide bonds. The van der Waals surface area contributed by atoms with Gasteiger partial charge in [-0.3, -0.25) is 0 Å². The molecule has 0 atom stereocenters. The number of hydrogen-bond donors (Lipinski definition) is 1. The third kappa shape index (κ3) is 5.61. The molecule has 0 aromatic carbocycles. The number of rotatable bonds is 4. The number of halogens is 4. The van der Waals surface area contributed by atoms with E-state index in [2.05, 4.69) is 20.2 Å². The van der Waals surface area contributed by atoms with Gasteiger partial charge >= 0.3 is 12.2 Å². The number of nitrogens with one attached hydrogen (secondary N) is 1. The fourth-order valence-corrected chi connectivity index (χ4v) is 4.47. The molecule has 1 N–H and O–H groups in total. The van der Waals surface area contributed by atoms with Crippen molar-refractivity contribution in [3.05, 3.63) is 46.7 Å². The second kappa shape index (κ2) is 10.0. The van der Waals surface area contributed by atoms with Crippen molar-refractivity contribution >= 4 is 29.3 Å². The van der Waals surface area contributed by atoms with Gasteiger partial charge in [0.1, 0.15) is 11.6 Å².